The smallest absolute Gasteiger partial charge is 0.417 e. The van der Waals surface area contributed by atoms with Gasteiger partial charge in [0.05, 0.1) is 5.56 Å². The van der Waals surface area contributed by atoms with Crippen molar-refractivity contribution in [3.8, 4) is 5.75 Å². The van der Waals surface area contributed by atoms with Crippen molar-refractivity contribution in [1.82, 2.24) is 0 Å². The minimum absolute atomic E-state index is 0.117. The van der Waals surface area contributed by atoms with E-state index in [4.69, 9.17) is 5.73 Å². The van der Waals surface area contributed by atoms with Crippen LogP contribution in [0.2, 0.25) is 0 Å². The standard InChI is InChI=1S/C10H10F3NO/c11-10(12,13)8-4-1-5-9(15)7(8)3-2-6-14/h1-5,15H,6,14H2/b3-2+. The molecule has 2 nitrogen and oxygen atoms in total. The molecule has 1 aromatic rings. The predicted molar refractivity (Wildman–Crippen MR) is 51.2 cm³/mol. The van der Waals surface area contributed by atoms with Crippen molar-refractivity contribution in [2.24, 2.45) is 5.73 Å². The monoisotopic (exact) mass is 217 g/mol. The molecule has 15 heavy (non-hydrogen) atoms. The highest BCUT2D eigenvalue weighted by Gasteiger charge is 2.33. The summed E-state index contributed by atoms with van der Waals surface area (Å²) in [5.74, 6) is -0.408. The van der Waals surface area contributed by atoms with Crippen molar-refractivity contribution in [3.05, 3.63) is 35.4 Å². The molecule has 0 radical (unpaired) electrons. The number of hydrogen-bond acceptors (Lipinski definition) is 2. The van der Waals surface area contributed by atoms with Gasteiger partial charge in [-0.1, -0.05) is 18.2 Å². The lowest BCUT2D eigenvalue weighted by Crippen LogP contribution is -2.07. The van der Waals surface area contributed by atoms with Gasteiger partial charge in [0.25, 0.3) is 0 Å². The second-order valence-electron chi connectivity index (χ2n) is 2.87. The molecule has 0 aromatic heterocycles. The second kappa shape index (κ2) is 4.35. The lowest BCUT2D eigenvalue weighted by atomic mass is 10.1. The molecule has 5 heteroatoms. The largest absolute Gasteiger partial charge is 0.507 e. The van der Waals surface area contributed by atoms with Crippen molar-refractivity contribution in [1.29, 1.82) is 0 Å². The highest BCUT2D eigenvalue weighted by molar-refractivity contribution is 5.61. The normalized spacial score (nSPS) is 12.3. The van der Waals surface area contributed by atoms with Gasteiger partial charge in [-0.3, -0.25) is 0 Å². The zero-order valence-corrected chi connectivity index (χ0v) is 7.75. The zero-order chi connectivity index (χ0) is 11.5. The molecule has 1 rings (SSSR count). The third-order valence-corrected chi connectivity index (χ3v) is 1.81. The van der Waals surface area contributed by atoms with E-state index in [9.17, 15) is 18.3 Å². The number of alkyl halides is 3. The van der Waals surface area contributed by atoms with Crippen LogP contribution in [-0.2, 0) is 6.18 Å². The highest BCUT2D eigenvalue weighted by Crippen LogP contribution is 2.36. The molecule has 0 aliphatic rings. The van der Waals surface area contributed by atoms with Crippen molar-refractivity contribution < 1.29 is 18.3 Å². The number of hydrogen-bond donors (Lipinski definition) is 2. The van der Waals surface area contributed by atoms with Crippen molar-refractivity contribution in [2.45, 2.75) is 6.18 Å². The highest BCUT2D eigenvalue weighted by atomic mass is 19.4. The van der Waals surface area contributed by atoms with Gasteiger partial charge in [-0.15, -0.1) is 0 Å². The quantitative estimate of drug-likeness (QED) is 0.798. The SMILES string of the molecule is NC/C=C/c1c(O)cccc1C(F)(F)F. The molecule has 0 unspecified atom stereocenters. The van der Waals surface area contributed by atoms with Gasteiger partial charge < -0.3 is 10.8 Å². The van der Waals surface area contributed by atoms with Crippen molar-refractivity contribution >= 4 is 6.08 Å². The first-order valence-corrected chi connectivity index (χ1v) is 4.22. The zero-order valence-electron chi connectivity index (χ0n) is 7.75. The van der Waals surface area contributed by atoms with Crippen LogP contribution >= 0.6 is 0 Å². The molecular formula is C10H10F3NO. The molecule has 1 aromatic carbocycles. The summed E-state index contributed by atoms with van der Waals surface area (Å²) in [6, 6.07) is 3.26. The Morgan fingerprint density at radius 2 is 2.00 bits per heavy atom. The van der Waals surface area contributed by atoms with E-state index in [1.54, 1.807) is 0 Å². The third kappa shape index (κ3) is 2.73. The van der Waals surface area contributed by atoms with E-state index in [0.29, 0.717) is 0 Å². The average Bonchev–Trinajstić information content (AvgIpc) is 2.14. The summed E-state index contributed by atoms with van der Waals surface area (Å²) in [5.41, 5.74) is 4.01. The number of benzene rings is 1. The third-order valence-electron chi connectivity index (χ3n) is 1.81. The molecule has 0 amide bonds. The average molecular weight is 217 g/mol. The summed E-state index contributed by atoms with van der Waals surface area (Å²) in [4.78, 5) is 0. The summed E-state index contributed by atoms with van der Waals surface area (Å²) in [7, 11) is 0. The molecule has 0 atom stereocenters. The summed E-state index contributed by atoms with van der Waals surface area (Å²) in [6.07, 6.45) is -1.96. The maximum Gasteiger partial charge on any atom is 0.417 e. The van der Waals surface area contributed by atoms with Gasteiger partial charge in [0.1, 0.15) is 5.75 Å². The molecule has 3 N–H and O–H groups in total. The molecule has 0 fully saturated rings. The van der Waals surface area contributed by atoms with E-state index in [-0.39, 0.29) is 12.1 Å². The molecule has 0 saturated heterocycles. The van der Waals surface area contributed by atoms with E-state index >= 15 is 0 Å². The second-order valence-corrected chi connectivity index (χ2v) is 2.87. The molecule has 0 spiro atoms. The van der Waals surface area contributed by atoms with Crippen LogP contribution in [0.3, 0.4) is 0 Å². The van der Waals surface area contributed by atoms with E-state index in [1.807, 2.05) is 0 Å². The molecule has 0 saturated carbocycles. The Hall–Kier alpha value is -1.49. The Kier molecular flexibility index (Phi) is 3.36. The molecule has 82 valence electrons. The number of phenols is 1. The summed E-state index contributed by atoms with van der Waals surface area (Å²) in [6.45, 7) is 0.117. The van der Waals surface area contributed by atoms with Crippen LogP contribution in [0.15, 0.2) is 24.3 Å². The Labute approximate surface area is 84.8 Å². The number of nitrogens with two attached hydrogens (primary N) is 1. The van der Waals surface area contributed by atoms with Gasteiger partial charge in [-0.05, 0) is 12.1 Å². The van der Waals surface area contributed by atoms with Gasteiger partial charge in [-0.25, -0.2) is 0 Å². The van der Waals surface area contributed by atoms with E-state index in [2.05, 4.69) is 0 Å². The van der Waals surface area contributed by atoms with Gasteiger partial charge in [-0.2, -0.15) is 13.2 Å². The topological polar surface area (TPSA) is 46.2 Å². The van der Waals surface area contributed by atoms with E-state index in [1.165, 1.54) is 12.1 Å². The van der Waals surface area contributed by atoms with Crippen LogP contribution < -0.4 is 5.73 Å². The minimum Gasteiger partial charge on any atom is -0.507 e. The number of aromatic hydroxyl groups is 1. The fourth-order valence-corrected chi connectivity index (χ4v) is 1.16. The Morgan fingerprint density at radius 1 is 1.33 bits per heavy atom. The number of rotatable bonds is 2. The van der Waals surface area contributed by atoms with Crippen LogP contribution in [-0.4, -0.2) is 11.7 Å². The van der Waals surface area contributed by atoms with Crippen molar-refractivity contribution in [3.63, 3.8) is 0 Å². The number of halogens is 3. The van der Waals surface area contributed by atoms with Crippen LogP contribution in [0, 0.1) is 0 Å². The Bertz CT molecular complexity index is 371. The van der Waals surface area contributed by atoms with Crippen LogP contribution in [0.1, 0.15) is 11.1 Å². The number of phenolic OH excluding ortho intramolecular Hbond substituents is 1. The first-order chi connectivity index (χ1) is 6.96. The van der Waals surface area contributed by atoms with Crippen molar-refractivity contribution in [2.75, 3.05) is 6.54 Å². The predicted octanol–water partition coefficient (Wildman–Crippen LogP) is 2.38. The maximum absolute atomic E-state index is 12.5. The first-order valence-electron chi connectivity index (χ1n) is 4.22. The minimum atomic E-state index is -4.48. The van der Waals surface area contributed by atoms with Crippen LogP contribution in [0.4, 0.5) is 13.2 Å². The van der Waals surface area contributed by atoms with Gasteiger partial charge in [0.2, 0.25) is 0 Å². The molecule has 0 bridgehead atoms. The fraction of sp³-hybridized carbons (Fsp3) is 0.200. The molecule has 0 aliphatic carbocycles. The van der Waals surface area contributed by atoms with E-state index < -0.39 is 17.5 Å². The lowest BCUT2D eigenvalue weighted by molar-refractivity contribution is -0.137. The molecular weight excluding hydrogens is 207 g/mol. The summed E-state index contributed by atoms with van der Waals surface area (Å²) in [5, 5.41) is 9.29. The Morgan fingerprint density at radius 3 is 2.53 bits per heavy atom. The maximum atomic E-state index is 12.5. The first kappa shape index (κ1) is 11.6. The van der Waals surface area contributed by atoms with Gasteiger partial charge in [0.15, 0.2) is 0 Å². The van der Waals surface area contributed by atoms with Gasteiger partial charge >= 0.3 is 6.18 Å². The molecule has 0 heterocycles. The molecule has 0 aliphatic heterocycles. The summed E-state index contributed by atoms with van der Waals surface area (Å²) >= 11 is 0. The lowest BCUT2D eigenvalue weighted by Gasteiger charge is -2.11. The van der Waals surface area contributed by atoms with E-state index in [0.717, 1.165) is 18.2 Å². The fourth-order valence-electron chi connectivity index (χ4n) is 1.16. The van der Waals surface area contributed by atoms with Crippen LogP contribution in [0.25, 0.3) is 6.08 Å². The van der Waals surface area contributed by atoms with Gasteiger partial charge in [0, 0.05) is 12.1 Å². The van der Waals surface area contributed by atoms with Crippen LogP contribution in [0.5, 0.6) is 5.75 Å². The Balaban J connectivity index is 3.27. The summed E-state index contributed by atoms with van der Waals surface area (Å²) < 4.78 is 37.4.